The number of carbonyl (C=O) groups is 1. The Balaban J connectivity index is 1.90. The highest BCUT2D eigenvalue weighted by molar-refractivity contribution is 5.96. The van der Waals surface area contributed by atoms with Crippen LogP contribution in [0.2, 0.25) is 0 Å². The molecule has 5 heteroatoms. The molecular formula is C21H21NO4. The van der Waals surface area contributed by atoms with Gasteiger partial charge in [-0.2, -0.15) is 0 Å². The molecule has 1 aromatic heterocycles. The Morgan fingerprint density at radius 3 is 2.42 bits per heavy atom. The molecule has 0 fully saturated rings. The molecule has 1 unspecified atom stereocenters. The summed E-state index contributed by atoms with van der Waals surface area (Å²) >= 11 is 0. The molecule has 3 rings (SSSR count). The lowest BCUT2D eigenvalue weighted by atomic mass is 9.95. The van der Waals surface area contributed by atoms with Crippen molar-refractivity contribution in [2.75, 3.05) is 7.11 Å². The predicted octanol–water partition coefficient (Wildman–Crippen LogP) is 3.93. The summed E-state index contributed by atoms with van der Waals surface area (Å²) in [4.78, 5) is 24.9. The zero-order valence-corrected chi connectivity index (χ0v) is 15.0. The number of ether oxygens (including phenoxy) is 1. The van der Waals surface area contributed by atoms with Crippen LogP contribution in [0, 0.1) is 5.92 Å². The Labute approximate surface area is 151 Å². The molecule has 134 valence electrons. The Kier molecular flexibility index (Phi) is 5.07. The molecule has 0 aliphatic heterocycles. The third-order valence-electron chi connectivity index (χ3n) is 4.31. The molecule has 1 amide bonds. The molecular weight excluding hydrogens is 330 g/mol. The number of carbonyl (C=O) groups excluding carboxylic acids is 1. The minimum atomic E-state index is -0.640. The first-order valence-corrected chi connectivity index (χ1v) is 8.47. The number of fused-ring (bicyclic) bond motifs is 1. The van der Waals surface area contributed by atoms with Crippen LogP contribution < -0.4 is 15.7 Å². The number of hydrogen-bond acceptors (Lipinski definition) is 4. The second-order valence-electron chi connectivity index (χ2n) is 6.45. The van der Waals surface area contributed by atoms with Crippen LogP contribution in [0.15, 0.2) is 63.8 Å². The fraction of sp³-hybridized carbons (Fsp3) is 0.238. The summed E-state index contributed by atoms with van der Waals surface area (Å²) in [6.07, 6.45) is 0. The largest absolute Gasteiger partial charge is 0.497 e. The third-order valence-corrected chi connectivity index (χ3v) is 4.31. The molecule has 0 aliphatic carbocycles. The number of benzene rings is 2. The van der Waals surface area contributed by atoms with Crippen LogP contribution in [-0.2, 0) is 0 Å². The summed E-state index contributed by atoms with van der Waals surface area (Å²) in [5.74, 6) is 0.441. The van der Waals surface area contributed by atoms with E-state index in [0.29, 0.717) is 11.0 Å². The molecule has 26 heavy (non-hydrogen) atoms. The van der Waals surface area contributed by atoms with Crippen molar-refractivity contribution >= 4 is 16.9 Å². The zero-order chi connectivity index (χ0) is 18.7. The van der Waals surface area contributed by atoms with E-state index in [4.69, 9.17) is 9.15 Å². The Hall–Kier alpha value is -3.08. The van der Waals surface area contributed by atoms with Crippen molar-refractivity contribution in [1.82, 2.24) is 5.32 Å². The van der Waals surface area contributed by atoms with Gasteiger partial charge in [0, 0.05) is 5.39 Å². The topological polar surface area (TPSA) is 68.5 Å². The average Bonchev–Trinajstić information content (AvgIpc) is 2.65. The average molecular weight is 351 g/mol. The molecule has 5 nitrogen and oxygen atoms in total. The second kappa shape index (κ2) is 7.44. The van der Waals surface area contributed by atoms with Gasteiger partial charge in [0.1, 0.15) is 16.9 Å². The summed E-state index contributed by atoms with van der Waals surface area (Å²) in [5.41, 5.74) is 0.769. The van der Waals surface area contributed by atoms with Crippen LogP contribution in [0.25, 0.3) is 11.0 Å². The van der Waals surface area contributed by atoms with E-state index in [1.165, 1.54) is 0 Å². The summed E-state index contributed by atoms with van der Waals surface area (Å²) in [5, 5.41) is 3.66. The van der Waals surface area contributed by atoms with Gasteiger partial charge in [0.2, 0.25) is 0 Å². The molecule has 0 radical (unpaired) electrons. The third kappa shape index (κ3) is 3.61. The minimum Gasteiger partial charge on any atom is -0.497 e. The van der Waals surface area contributed by atoms with E-state index in [0.717, 1.165) is 11.3 Å². The van der Waals surface area contributed by atoms with Gasteiger partial charge in [0.15, 0.2) is 0 Å². The molecule has 1 N–H and O–H groups in total. The van der Waals surface area contributed by atoms with Gasteiger partial charge in [0.25, 0.3) is 5.91 Å². The maximum absolute atomic E-state index is 12.7. The first-order valence-electron chi connectivity index (χ1n) is 8.47. The number of rotatable bonds is 5. The summed E-state index contributed by atoms with van der Waals surface area (Å²) in [7, 11) is 1.61. The van der Waals surface area contributed by atoms with Gasteiger partial charge in [-0.25, -0.2) is 4.79 Å². The maximum Gasteiger partial charge on any atom is 0.349 e. The van der Waals surface area contributed by atoms with E-state index >= 15 is 0 Å². The smallest absolute Gasteiger partial charge is 0.349 e. The van der Waals surface area contributed by atoms with Crippen LogP contribution in [0.3, 0.4) is 0 Å². The van der Waals surface area contributed by atoms with Gasteiger partial charge in [-0.3, -0.25) is 4.79 Å². The highest BCUT2D eigenvalue weighted by Crippen LogP contribution is 2.24. The van der Waals surface area contributed by atoms with E-state index in [1.807, 2.05) is 44.2 Å². The first kappa shape index (κ1) is 17.7. The molecule has 1 atom stereocenters. The molecule has 0 saturated carbocycles. The second-order valence-corrected chi connectivity index (χ2v) is 6.45. The van der Waals surface area contributed by atoms with E-state index in [9.17, 15) is 9.59 Å². The van der Waals surface area contributed by atoms with Gasteiger partial charge in [-0.05, 0) is 35.7 Å². The summed E-state index contributed by atoms with van der Waals surface area (Å²) in [6.45, 7) is 4.02. The zero-order valence-electron chi connectivity index (χ0n) is 15.0. The molecule has 2 aromatic carbocycles. The normalized spacial score (nSPS) is 12.2. The number of methoxy groups -OCH3 is 1. The fourth-order valence-electron chi connectivity index (χ4n) is 2.89. The van der Waals surface area contributed by atoms with E-state index < -0.39 is 11.5 Å². The van der Waals surface area contributed by atoms with Crippen LogP contribution in [0.1, 0.15) is 35.8 Å². The van der Waals surface area contributed by atoms with E-state index in [2.05, 4.69) is 5.32 Å². The minimum absolute atomic E-state index is 0.00265. The van der Waals surface area contributed by atoms with Crippen molar-refractivity contribution in [3.05, 3.63) is 76.1 Å². The Bertz CT molecular complexity index is 973. The molecule has 0 saturated heterocycles. The van der Waals surface area contributed by atoms with Crippen LogP contribution >= 0.6 is 0 Å². The van der Waals surface area contributed by atoms with Crippen molar-refractivity contribution in [2.45, 2.75) is 19.9 Å². The van der Waals surface area contributed by atoms with E-state index in [-0.39, 0.29) is 17.5 Å². The highest BCUT2D eigenvalue weighted by Gasteiger charge is 2.21. The standard InChI is InChI=1S/C21H21NO4/c1-13(2)19(14-8-10-16(25-3)11-9-14)22-20(23)17-12-15-6-4-5-7-18(15)26-21(17)24/h4-13,19H,1-3H3,(H,22,23). The fourth-order valence-corrected chi connectivity index (χ4v) is 2.89. The lowest BCUT2D eigenvalue weighted by Gasteiger charge is -2.23. The predicted molar refractivity (Wildman–Crippen MR) is 101 cm³/mol. The van der Waals surface area contributed by atoms with Crippen molar-refractivity contribution < 1.29 is 13.9 Å². The van der Waals surface area contributed by atoms with Crippen molar-refractivity contribution in [3.63, 3.8) is 0 Å². The van der Waals surface area contributed by atoms with Gasteiger partial charge in [0.05, 0.1) is 13.2 Å². The number of para-hydroxylation sites is 1. The van der Waals surface area contributed by atoms with Crippen LogP contribution in [0.5, 0.6) is 5.75 Å². The Morgan fingerprint density at radius 2 is 1.77 bits per heavy atom. The van der Waals surface area contributed by atoms with Gasteiger partial charge in [-0.15, -0.1) is 0 Å². The highest BCUT2D eigenvalue weighted by atomic mass is 16.5. The van der Waals surface area contributed by atoms with Gasteiger partial charge < -0.3 is 14.5 Å². The number of nitrogens with one attached hydrogen (secondary N) is 1. The molecule has 1 heterocycles. The molecule has 3 aromatic rings. The number of hydrogen-bond donors (Lipinski definition) is 1. The van der Waals surface area contributed by atoms with Crippen LogP contribution in [-0.4, -0.2) is 13.0 Å². The summed E-state index contributed by atoms with van der Waals surface area (Å²) in [6, 6.07) is 16.0. The van der Waals surface area contributed by atoms with E-state index in [1.54, 1.807) is 31.4 Å². The first-order chi connectivity index (χ1) is 12.5. The quantitative estimate of drug-likeness (QED) is 0.707. The van der Waals surface area contributed by atoms with Crippen molar-refractivity contribution in [3.8, 4) is 5.75 Å². The van der Waals surface area contributed by atoms with Crippen molar-refractivity contribution in [1.29, 1.82) is 0 Å². The SMILES string of the molecule is COc1ccc(C(NC(=O)c2cc3ccccc3oc2=O)C(C)C)cc1. The number of amides is 1. The maximum atomic E-state index is 12.7. The monoisotopic (exact) mass is 351 g/mol. The lowest BCUT2D eigenvalue weighted by molar-refractivity contribution is 0.0922. The van der Waals surface area contributed by atoms with Crippen LogP contribution in [0.4, 0.5) is 0 Å². The van der Waals surface area contributed by atoms with Crippen molar-refractivity contribution in [2.24, 2.45) is 5.92 Å². The van der Waals surface area contributed by atoms with Gasteiger partial charge in [-0.1, -0.05) is 44.2 Å². The van der Waals surface area contributed by atoms with Gasteiger partial charge >= 0.3 is 5.63 Å². The molecule has 0 bridgehead atoms. The lowest BCUT2D eigenvalue weighted by Crippen LogP contribution is -2.34. The molecule has 0 aliphatic rings. The summed E-state index contributed by atoms with van der Waals surface area (Å²) < 4.78 is 10.4. The Morgan fingerprint density at radius 1 is 1.08 bits per heavy atom. The molecule has 0 spiro atoms.